The van der Waals surface area contributed by atoms with Crippen molar-refractivity contribution in [3.63, 3.8) is 0 Å². The van der Waals surface area contributed by atoms with Crippen molar-refractivity contribution in [2.75, 3.05) is 19.6 Å². The van der Waals surface area contributed by atoms with Crippen LogP contribution in [0.5, 0.6) is 0 Å². The van der Waals surface area contributed by atoms with Crippen LogP contribution in [-0.2, 0) is 0 Å². The van der Waals surface area contributed by atoms with Crippen LogP contribution in [-0.4, -0.2) is 30.7 Å². The van der Waals surface area contributed by atoms with Crippen molar-refractivity contribution >= 4 is 0 Å². The van der Waals surface area contributed by atoms with Crippen molar-refractivity contribution in [2.24, 2.45) is 0 Å². The molecule has 1 atom stereocenters. The minimum absolute atomic E-state index is 0. The molecule has 0 unspecified atom stereocenters. The number of nitrogens with zero attached hydrogens (tertiary/aromatic N) is 1. The third kappa shape index (κ3) is 3.35. The Morgan fingerprint density at radius 3 is 2.67 bits per heavy atom. The van der Waals surface area contributed by atoms with Crippen LogP contribution in [0.4, 0.5) is 4.39 Å². The van der Waals surface area contributed by atoms with E-state index in [0.29, 0.717) is 6.54 Å². The maximum Gasteiger partial charge on any atom is 0 e. The predicted octanol–water partition coefficient (Wildman–Crippen LogP) is 0.864. The summed E-state index contributed by atoms with van der Waals surface area (Å²) in [5, 5.41) is 0. The third-order valence-electron chi connectivity index (χ3n) is 1.50. The first-order valence-electron chi connectivity index (χ1n) is 3.02. The summed E-state index contributed by atoms with van der Waals surface area (Å²) in [5.74, 6) is 0. The smallest absolute Gasteiger partial charge is 0 e. The zero-order valence-electron chi connectivity index (χ0n) is 5.37. The van der Waals surface area contributed by atoms with Gasteiger partial charge in [-0.1, -0.05) is 6.92 Å². The summed E-state index contributed by atoms with van der Waals surface area (Å²) in [5.41, 5.74) is 0. The van der Waals surface area contributed by atoms with Crippen LogP contribution in [0.1, 0.15) is 6.92 Å². The molecule has 0 aromatic carbocycles. The van der Waals surface area contributed by atoms with Crippen molar-refractivity contribution in [2.45, 2.75) is 13.1 Å². The molecular weight excluding hydrogens is 278 g/mol. The molecule has 0 aliphatic carbocycles. The first-order chi connectivity index (χ1) is 3.83. The SMILES string of the molecule is CCN1C[CH-][C@@H](F)C1.[Yb]. The fraction of sp³-hybridized carbons (Fsp3) is 0.833. The van der Waals surface area contributed by atoms with Gasteiger partial charge in [-0.25, -0.2) is 0 Å². The van der Waals surface area contributed by atoms with Crippen LogP contribution >= 0.6 is 0 Å². The van der Waals surface area contributed by atoms with Gasteiger partial charge in [-0.3, -0.25) is 10.8 Å². The summed E-state index contributed by atoms with van der Waals surface area (Å²) in [6, 6.07) is 0. The van der Waals surface area contributed by atoms with Crippen LogP contribution in [0.25, 0.3) is 0 Å². The van der Waals surface area contributed by atoms with Crippen molar-refractivity contribution in [1.29, 1.82) is 0 Å². The molecule has 1 fully saturated rings. The zero-order valence-corrected chi connectivity index (χ0v) is 7.08. The third-order valence-corrected chi connectivity index (χ3v) is 1.50. The molecule has 3 heteroatoms. The van der Waals surface area contributed by atoms with Gasteiger partial charge in [-0.15, -0.1) is 6.54 Å². The van der Waals surface area contributed by atoms with Gasteiger partial charge in [0, 0.05) is 46.9 Å². The molecule has 0 amide bonds. The molecule has 0 radical (unpaired) electrons. The first kappa shape index (κ1) is 10.4. The predicted molar refractivity (Wildman–Crippen MR) is 31.3 cm³/mol. The van der Waals surface area contributed by atoms with Crippen molar-refractivity contribution < 1.29 is 51.3 Å². The number of rotatable bonds is 1. The Morgan fingerprint density at radius 1 is 1.78 bits per heavy atom. The Bertz CT molecular complexity index is 79.5. The van der Waals surface area contributed by atoms with Gasteiger partial charge in [0.25, 0.3) is 0 Å². The van der Waals surface area contributed by atoms with E-state index in [1.54, 1.807) is 6.42 Å². The molecule has 0 aromatic heterocycles. The van der Waals surface area contributed by atoms with E-state index in [4.69, 9.17) is 0 Å². The number of halogens is 1. The van der Waals surface area contributed by atoms with Crippen molar-refractivity contribution in [1.82, 2.24) is 4.90 Å². The second-order valence-electron chi connectivity index (χ2n) is 2.10. The molecule has 1 aliphatic rings. The molecule has 0 spiro atoms. The molecular formula is C6H11FNYb-. The maximum absolute atomic E-state index is 12.3. The van der Waals surface area contributed by atoms with E-state index in [1.165, 1.54) is 0 Å². The number of likely N-dealkylation sites (tertiary alicyclic amines) is 1. The summed E-state index contributed by atoms with van der Waals surface area (Å²) in [6.45, 7) is 4.46. The second-order valence-corrected chi connectivity index (χ2v) is 2.10. The van der Waals surface area contributed by atoms with Gasteiger partial charge in [0.05, 0.1) is 0 Å². The van der Waals surface area contributed by atoms with Crippen LogP contribution < -0.4 is 0 Å². The maximum atomic E-state index is 12.3. The molecule has 0 aromatic rings. The van der Waals surface area contributed by atoms with Gasteiger partial charge in [0.15, 0.2) is 0 Å². The quantitative estimate of drug-likeness (QED) is 0.647. The molecule has 0 bridgehead atoms. The fourth-order valence-corrected chi connectivity index (χ4v) is 0.917. The van der Waals surface area contributed by atoms with E-state index in [0.717, 1.165) is 13.1 Å². The molecule has 62 valence electrons. The molecule has 0 saturated carbocycles. The second kappa shape index (κ2) is 5.11. The topological polar surface area (TPSA) is 3.24 Å². The molecule has 1 heterocycles. The van der Waals surface area contributed by atoms with Crippen LogP contribution in [0.15, 0.2) is 0 Å². The summed E-state index contributed by atoms with van der Waals surface area (Å²) in [7, 11) is 0. The Labute approximate surface area is 94.2 Å². The normalized spacial score (nSPS) is 28.0. The van der Waals surface area contributed by atoms with Gasteiger partial charge in [-0.05, 0) is 19.3 Å². The molecule has 1 aliphatic heterocycles. The Hall–Kier alpha value is 1.41. The zero-order chi connectivity index (χ0) is 5.98. The van der Waals surface area contributed by atoms with E-state index < -0.39 is 6.17 Å². The van der Waals surface area contributed by atoms with Crippen LogP contribution in [0, 0.1) is 53.3 Å². The average Bonchev–Trinajstić information content (AvgIpc) is 2.14. The minimum Gasteiger partial charge on any atom is -0.333 e. The summed E-state index contributed by atoms with van der Waals surface area (Å²) in [4.78, 5) is 2.07. The fourth-order valence-electron chi connectivity index (χ4n) is 0.917. The van der Waals surface area contributed by atoms with Gasteiger partial charge >= 0.3 is 0 Å². The largest absolute Gasteiger partial charge is 0.333 e. The minimum atomic E-state index is -0.671. The van der Waals surface area contributed by atoms with Gasteiger partial charge in [-0.2, -0.15) is 0 Å². The average molecular weight is 289 g/mol. The van der Waals surface area contributed by atoms with E-state index in [1.807, 2.05) is 6.92 Å². The Balaban J connectivity index is 0.000000640. The molecule has 0 N–H and O–H groups in total. The molecule has 9 heavy (non-hydrogen) atoms. The van der Waals surface area contributed by atoms with Crippen molar-refractivity contribution in [3.05, 3.63) is 6.42 Å². The van der Waals surface area contributed by atoms with Crippen LogP contribution in [0.3, 0.4) is 0 Å². The molecule has 1 nitrogen and oxygen atoms in total. The van der Waals surface area contributed by atoms with Crippen molar-refractivity contribution in [3.8, 4) is 0 Å². The van der Waals surface area contributed by atoms with E-state index in [2.05, 4.69) is 4.90 Å². The number of hydrogen-bond donors (Lipinski definition) is 0. The van der Waals surface area contributed by atoms with E-state index in [9.17, 15) is 4.39 Å². The van der Waals surface area contributed by atoms with E-state index in [-0.39, 0.29) is 46.9 Å². The summed E-state index contributed by atoms with van der Waals surface area (Å²) < 4.78 is 12.3. The summed E-state index contributed by atoms with van der Waals surface area (Å²) >= 11 is 0. The summed E-state index contributed by atoms with van der Waals surface area (Å²) in [6.07, 6.45) is 1.04. The monoisotopic (exact) mass is 290 g/mol. The van der Waals surface area contributed by atoms with Crippen LogP contribution in [0.2, 0.25) is 0 Å². The Morgan fingerprint density at radius 2 is 2.44 bits per heavy atom. The molecule has 1 saturated heterocycles. The number of hydrogen-bond acceptors (Lipinski definition) is 1. The Kier molecular flexibility index (Phi) is 5.91. The molecule has 1 rings (SSSR count). The van der Waals surface area contributed by atoms with E-state index >= 15 is 0 Å². The van der Waals surface area contributed by atoms with Gasteiger partial charge < -0.3 is 4.90 Å². The standard InChI is InChI=1S/C6H11FN.Yb/c1-2-8-4-3-6(7)5-8;/h3,6H,2,4-5H2,1H3;/q-1;/t6-;/m1./s1. The van der Waals surface area contributed by atoms with Gasteiger partial charge in [0.2, 0.25) is 0 Å². The number of alkyl halides is 1. The van der Waals surface area contributed by atoms with Gasteiger partial charge in [0.1, 0.15) is 0 Å². The first-order valence-corrected chi connectivity index (χ1v) is 3.02.